The molecule has 16 heavy (non-hydrogen) atoms. The van der Waals surface area contributed by atoms with Gasteiger partial charge in [0.1, 0.15) is 0 Å². The smallest absolute Gasteiger partial charge is 0.336 e. The molecule has 0 atom stereocenters. The molecule has 0 bridgehead atoms. The summed E-state index contributed by atoms with van der Waals surface area (Å²) in [6.07, 6.45) is 1.17. The molecule has 84 valence electrons. The first kappa shape index (κ1) is 12.1. The monoisotopic (exact) mass is 220 g/mol. The summed E-state index contributed by atoms with van der Waals surface area (Å²) in [5.74, 6) is -1.12. The Labute approximate surface area is 92.9 Å². The summed E-state index contributed by atoms with van der Waals surface area (Å²) in [4.78, 5) is 32.8. The minimum Gasteiger partial charge on any atom is -0.478 e. The Morgan fingerprint density at radius 3 is 1.56 bits per heavy atom. The van der Waals surface area contributed by atoms with E-state index in [0.717, 1.165) is 0 Å². The SMILES string of the molecule is Cc1c(C=O)c(C)c(C(=O)O)c(C)c1C=O. The van der Waals surface area contributed by atoms with Gasteiger partial charge in [0.15, 0.2) is 12.6 Å². The summed E-state index contributed by atoms with van der Waals surface area (Å²) < 4.78 is 0. The fraction of sp³-hybridized carbons (Fsp3) is 0.250. The lowest BCUT2D eigenvalue weighted by Gasteiger charge is -2.13. The second-order valence-electron chi connectivity index (χ2n) is 3.62. The Hall–Kier alpha value is -1.97. The van der Waals surface area contributed by atoms with Crippen LogP contribution in [-0.4, -0.2) is 23.6 Å². The van der Waals surface area contributed by atoms with Gasteiger partial charge in [-0.1, -0.05) is 0 Å². The fourth-order valence-corrected chi connectivity index (χ4v) is 1.93. The van der Waals surface area contributed by atoms with Crippen LogP contribution in [0.25, 0.3) is 0 Å². The van der Waals surface area contributed by atoms with Crippen LogP contribution in [-0.2, 0) is 0 Å². The maximum atomic E-state index is 11.1. The first-order valence-corrected chi connectivity index (χ1v) is 4.73. The van der Waals surface area contributed by atoms with Crippen molar-refractivity contribution in [1.82, 2.24) is 0 Å². The number of hydrogen-bond donors (Lipinski definition) is 1. The van der Waals surface area contributed by atoms with Crippen molar-refractivity contribution >= 4 is 18.5 Å². The van der Waals surface area contributed by atoms with Crippen molar-refractivity contribution in [3.05, 3.63) is 33.4 Å². The Balaban J connectivity index is 3.83. The third kappa shape index (κ3) is 1.62. The summed E-state index contributed by atoms with van der Waals surface area (Å²) in [6, 6.07) is 0. The summed E-state index contributed by atoms with van der Waals surface area (Å²) in [6.45, 7) is 4.78. The number of hydrogen-bond acceptors (Lipinski definition) is 3. The Bertz CT molecular complexity index is 451. The van der Waals surface area contributed by atoms with Crippen molar-refractivity contribution < 1.29 is 19.5 Å². The molecule has 4 heteroatoms. The summed E-state index contributed by atoms with van der Waals surface area (Å²) in [7, 11) is 0. The van der Waals surface area contributed by atoms with Crippen LogP contribution in [0.15, 0.2) is 0 Å². The lowest BCUT2D eigenvalue weighted by atomic mass is 9.89. The van der Waals surface area contributed by atoms with Gasteiger partial charge in [0.05, 0.1) is 5.56 Å². The summed E-state index contributed by atoms with van der Waals surface area (Å²) in [5.41, 5.74) is 1.95. The summed E-state index contributed by atoms with van der Waals surface area (Å²) in [5, 5.41) is 9.05. The van der Waals surface area contributed by atoms with Crippen LogP contribution in [0.3, 0.4) is 0 Å². The van der Waals surface area contributed by atoms with Gasteiger partial charge >= 0.3 is 5.97 Å². The molecule has 0 amide bonds. The highest BCUT2D eigenvalue weighted by Gasteiger charge is 2.20. The number of carboxylic acid groups (broad SMARTS) is 1. The zero-order chi connectivity index (χ0) is 12.5. The molecule has 0 fully saturated rings. The van der Waals surface area contributed by atoms with Crippen LogP contribution in [0.5, 0.6) is 0 Å². The number of carbonyl (C=O) groups is 3. The van der Waals surface area contributed by atoms with E-state index in [-0.39, 0.29) is 16.7 Å². The molecule has 0 saturated heterocycles. The van der Waals surface area contributed by atoms with E-state index in [4.69, 9.17) is 5.11 Å². The van der Waals surface area contributed by atoms with Crippen molar-refractivity contribution in [1.29, 1.82) is 0 Å². The molecule has 0 heterocycles. The molecule has 0 spiro atoms. The number of rotatable bonds is 3. The third-order valence-corrected chi connectivity index (χ3v) is 2.82. The van der Waals surface area contributed by atoms with Crippen LogP contribution in [0.4, 0.5) is 0 Å². The molecule has 0 aliphatic heterocycles. The van der Waals surface area contributed by atoms with Gasteiger partial charge in [-0.15, -0.1) is 0 Å². The van der Waals surface area contributed by atoms with Gasteiger partial charge in [0.2, 0.25) is 0 Å². The highest BCUT2D eigenvalue weighted by Crippen LogP contribution is 2.25. The Morgan fingerprint density at radius 2 is 1.31 bits per heavy atom. The molecule has 1 aromatic rings. The first-order valence-electron chi connectivity index (χ1n) is 4.73. The van der Waals surface area contributed by atoms with E-state index in [1.165, 1.54) is 0 Å². The number of carboxylic acids is 1. The zero-order valence-electron chi connectivity index (χ0n) is 9.33. The average molecular weight is 220 g/mol. The quantitative estimate of drug-likeness (QED) is 0.790. The number of benzene rings is 1. The Morgan fingerprint density at radius 1 is 0.938 bits per heavy atom. The van der Waals surface area contributed by atoms with Gasteiger partial charge in [-0.25, -0.2) is 4.79 Å². The molecule has 0 aromatic heterocycles. The predicted octanol–water partition coefficient (Wildman–Crippen LogP) is 1.94. The van der Waals surface area contributed by atoms with E-state index in [1.54, 1.807) is 20.8 Å². The van der Waals surface area contributed by atoms with E-state index in [0.29, 0.717) is 29.3 Å². The maximum absolute atomic E-state index is 11.1. The number of aldehydes is 2. The van der Waals surface area contributed by atoms with E-state index in [9.17, 15) is 14.4 Å². The zero-order valence-corrected chi connectivity index (χ0v) is 9.33. The highest BCUT2D eigenvalue weighted by molar-refractivity contribution is 5.99. The second-order valence-corrected chi connectivity index (χ2v) is 3.62. The van der Waals surface area contributed by atoms with Crippen LogP contribution in [0.1, 0.15) is 47.8 Å². The van der Waals surface area contributed by atoms with E-state index in [2.05, 4.69) is 0 Å². The molecule has 0 saturated carbocycles. The standard InChI is InChI=1S/C12H12O4/c1-6-9(4-13)7(2)11(12(15)16)8(3)10(6)5-14/h4-5H,1-3H3,(H,15,16). The van der Waals surface area contributed by atoms with Crippen molar-refractivity contribution in [2.45, 2.75) is 20.8 Å². The Kier molecular flexibility index (Phi) is 3.22. The summed E-state index contributed by atoms with van der Waals surface area (Å²) >= 11 is 0. The highest BCUT2D eigenvalue weighted by atomic mass is 16.4. The molecule has 0 aliphatic rings. The van der Waals surface area contributed by atoms with E-state index in [1.807, 2.05) is 0 Å². The topological polar surface area (TPSA) is 71.4 Å². The molecule has 1 rings (SSSR count). The molecule has 0 radical (unpaired) electrons. The van der Waals surface area contributed by atoms with Gasteiger partial charge in [0.25, 0.3) is 0 Å². The van der Waals surface area contributed by atoms with Crippen molar-refractivity contribution in [2.24, 2.45) is 0 Å². The number of aromatic carboxylic acids is 1. The largest absolute Gasteiger partial charge is 0.478 e. The van der Waals surface area contributed by atoms with Gasteiger partial charge in [0, 0.05) is 11.1 Å². The van der Waals surface area contributed by atoms with Gasteiger partial charge in [-0.2, -0.15) is 0 Å². The molecular weight excluding hydrogens is 208 g/mol. The maximum Gasteiger partial charge on any atom is 0.336 e. The normalized spacial score (nSPS) is 9.94. The average Bonchev–Trinajstić information content (AvgIpc) is 2.18. The lowest BCUT2D eigenvalue weighted by Crippen LogP contribution is -2.11. The number of carbonyl (C=O) groups excluding carboxylic acids is 2. The minimum atomic E-state index is -1.12. The molecule has 0 aliphatic carbocycles. The van der Waals surface area contributed by atoms with E-state index >= 15 is 0 Å². The fourth-order valence-electron chi connectivity index (χ4n) is 1.93. The van der Waals surface area contributed by atoms with Crippen molar-refractivity contribution in [3.8, 4) is 0 Å². The molecule has 4 nitrogen and oxygen atoms in total. The molecular formula is C12H12O4. The minimum absolute atomic E-state index is 0.0369. The van der Waals surface area contributed by atoms with E-state index < -0.39 is 5.97 Å². The second kappa shape index (κ2) is 4.26. The van der Waals surface area contributed by atoms with Crippen LogP contribution >= 0.6 is 0 Å². The first-order chi connectivity index (χ1) is 7.45. The van der Waals surface area contributed by atoms with Crippen molar-refractivity contribution in [3.63, 3.8) is 0 Å². The lowest BCUT2D eigenvalue weighted by molar-refractivity contribution is 0.0695. The van der Waals surface area contributed by atoms with Gasteiger partial charge in [-0.3, -0.25) is 9.59 Å². The van der Waals surface area contributed by atoms with Crippen molar-refractivity contribution in [2.75, 3.05) is 0 Å². The third-order valence-electron chi connectivity index (χ3n) is 2.82. The predicted molar refractivity (Wildman–Crippen MR) is 58.4 cm³/mol. The van der Waals surface area contributed by atoms with Gasteiger partial charge < -0.3 is 5.11 Å². The van der Waals surface area contributed by atoms with Gasteiger partial charge in [-0.05, 0) is 37.5 Å². The molecule has 1 aromatic carbocycles. The molecule has 0 unspecified atom stereocenters. The van der Waals surface area contributed by atoms with Crippen LogP contribution < -0.4 is 0 Å². The molecule has 1 N–H and O–H groups in total. The van der Waals surface area contributed by atoms with Crippen LogP contribution in [0, 0.1) is 20.8 Å². The van der Waals surface area contributed by atoms with Crippen LogP contribution in [0.2, 0.25) is 0 Å².